The molecule has 2 aromatic rings. The zero-order valence-electron chi connectivity index (χ0n) is 12.5. The Balaban J connectivity index is 2.08. The van der Waals surface area contributed by atoms with Gasteiger partial charge in [0.2, 0.25) is 0 Å². The summed E-state index contributed by atoms with van der Waals surface area (Å²) in [4.78, 5) is 0. The molecule has 0 unspecified atom stereocenters. The van der Waals surface area contributed by atoms with Gasteiger partial charge in [-0.15, -0.1) is 0 Å². The number of halogens is 1. The van der Waals surface area contributed by atoms with E-state index in [0.29, 0.717) is 12.1 Å². The molecule has 2 aromatic carbocycles. The van der Waals surface area contributed by atoms with Crippen LogP contribution >= 0.6 is 0 Å². The van der Waals surface area contributed by atoms with Crippen LogP contribution in [0.3, 0.4) is 0 Å². The van der Waals surface area contributed by atoms with Crippen molar-refractivity contribution >= 4 is 5.69 Å². The molecule has 0 spiro atoms. The molecule has 0 aliphatic rings. The highest BCUT2D eigenvalue weighted by Crippen LogP contribution is 2.24. The van der Waals surface area contributed by atoms with E-state index in [1.165, 1.54) is 18.2 Å². The van der Waals surface area contributed by atoms with Crippen molar-refractivity contribution in [2.45, 2.75) is 33.4 Å². The number of hydrogen-bond donors (Lipinski definition) is 2. The summed E-state index contributed by atoms with van der Waals surface area (Å²) in [5.41, 5.74) is 2.48. The lowest BCUT2D eigenvalue weighted by Crippen LogP contribution is -2.06. The second-order valence-electron chi connectivity index (χ2n) is 5.27. The van der Waals surface area contributed by atoms with Gasteiger partial charge >= 0.3 is 0 Å². The predicted octanol–water partition coefficient (Wildman–Crippen LogP) is 4.24. The van der Waals surface area contributed by atoms with Crippen molar-refractivity contribution in [1.82, 2.24) is 0 Å². The molecule has 0 aromatic heterocycles. The van der Waals surface area contributed by atoms with E-state index in [4.69, 9.17) is 4.74 Å². The van der Waals surface area contributed by atoms with Crippen molar-refractivity contribution in [3.8, 4) is 11.5 Å². The van der Waals surface area contributed by atoms with Gasteiger partial charge in [-0.3, -0.25) is 0 Å². The van der Waals surface area contributed by atoms with E-state index in [9.17, 15) is 9.50 Å². The van der Waals surface area contributed by atoms with Crippen LogP contribution in [0.25, 0.3) is 0 Å². The molecule has 0 aliphatic heterocycles. The van der Waals surface area contributed by atoms with E-state index < -0.39 is 0 Å². The van der Waals surface area contributed by atoms with Crippen molar-refractivity contribution in [1.29, 1.82) is 0 Å². The number of rotatable bonds is 5. The van der Waals surface area contributed by atoms with Crippen LogP contribution in [-0.4, -0.2) is 11.2 Å². The monoisotopic (exact) mass is 289 g/mol. The van der Waals surface area contributed by atoms with Gasteiger partial charge in [-0.25, -0.2) is 4.39 Å². The number of ether oxygens (including phenoxy) is 1. The molecule has 0 heterocycles. The van der Waals surface area contributed by atoms with E-state index in [0.717, 1.165) is 17.0 Å². The second kappa shape index (κ2) is 6.48. The first-order valence-corrected chi connectivity index (χ1v) is 6.94. The summed E-state index contributed by atoms with van der Waals surface area (Å²) >= 11 is 0. The maximum atomic E-state index is 13.2. The molecule has 2 N–H and O–H groups in total. The van der Waals surface area contributed by atoms with Crippen LogP contribution in [-0.2, 0) is 6.54 Å². The van der Waals surface area contributed by atoms with Gasteiger partial charge in [0, 0.05) is 17.8 Å². The number of nitrogens with one attached hydrogen (secondary N) is 1. The minimum absolute atomic E-state index is 0.0846. The number of benzene rings is 2. The van der Waals surface area contributed by atoms with Crippen LogP contribution in [0.1, 0.15) is 25.0 Å². The first-order valence-electron chi connectivity index (χ1n) is 6.94. The quantitative estimate of drug-likeness (QED) is 0.865. The van der Waals surface area contributed by atoms with Crippen LogP contribution in [0.15, 0.2) is 36.4 Å². The van der Waals surface area contributed by atoms with Crippen LogP contribution in [0, 0.1) is 12.7 Å². The fourth-order valence-electron chi connectivity index (χ4n) is 2.07. The third-order valence-corrected chi connectivity index (χ3v) is 3.08. The van der Waals surface area contributed by atoms with Gasteiger partial charge in [0.15, 0.2) is 0 Å². The van der Waals surface area contributed by atoms with Crippen molar-refractivity contribution < 1.29 is 14.2 Å². The maximum absolute atomic E-state index is 13.2. The Morgan fingerprint density at radius 1 is 1.19 bits per heavy atom. The minimum Gasteiger partial charge on any atom is -0.508 e. The molecule has 0 radical (unpaired) electrons. The highest BCUT2D eigenvalue weighted by atomic mass is 19.1. The molecule has 3 nitrogen and oxygen atoms in total. The van der Waals surface area contributed by atoms with E-state index in [1.54, 1.807) is 0 Å². The van der Waals surface area contributed by atoms with Gasteiger partial charge in [0.25, 0.3) is 0 Å². The lowest BCUT2D eigenvalue weighted by atomic mass is 10.1. The van der Waals surface area contributed by atoms with Crippen molar-refractivity contribution in [2.24, 2.45) is 0 Å². The average Bonchev–Trinajstić information content (AvgIpc) is 2.41. The fraction of sp³-hybridized carbons (Fsp3) is 0.294. The highest BCUT2D eigenvalue weighted by molar-refractivity contribution is 5.54. The summed E-state index contributed by atoms with van der Waals surface area (Å²) in [7, 11) is 0. The van der Waals surface area contributed by atoms with Crippen LogP contribution in [0.4, 0.5) is 10.1 Å². The first kappa shape index (κ1) is 15.2. The van der Waals surface area contributed by atoms with Gasteiger partial charge < -0.3 is 15.2 Å². The summed E-state index contributed by atoms with van der Waals surface area (Å²) in [5, 5.41) is 12.9. The van der Waals surface area contributed by atoms with E-state index in [2.05, 4.69) is 5.32 Å². The molecule has 21 heavy (non-hydrogen) atoms. The molecule has 0 atom stereocenters. The van der Waals surface area contributed by atoms with Crippen LogP contribution in [0.5, 0.6) is 11.5 Å². The van der Waals surface area contributed by atoms with E-state index in [1.807, 2.05) is 39.0 Å². The summed E-state index contributed by atoms with van der Waals surface area (Å²) in [6.07, 6.45) is 0.132. The Labute approximate surface area is 124 Å². The molecule has 0 fully saturated rings. The van der Waals surface area contributed by atoms with Gasteiger partial charge in [-0.1, -0.05) is 0 Å². The Kier molecular flexibility index (Phi) is 4.68. The normalized spacial score (nSPS) is 10.7. The summed E-state index contributed by atoms with van der Waals surface area (Å²) < 4.78 is 18.8. The molecule has 2 rings (SSSR count). The third-order valence-electron chi connectivity index (χ3n) is 3.08. The summed E-state index contributed by atoms with van der Waals surface area (Å²) in [6.45, 7) is 6.29. The number of aromatic hydroxyl groups is 1. The second-order valence-corrected chi connectivity index (χ2v) is 5.27. The number of phenolic OH excluding ortho intramolecular Hbond substituents is 1. The number of hydrogen-bond acceptors (Lipinski definition) is 3. The zero-order valence-corrected chi connectivity index (χ0v) is 12.5. The fourth-order valence-corrected chi connectivity index (χ4v) is 2.07. The Morgan fingerprint density at radius 3 is 2.62 bits per heavy atom. The first-order chi connectivity index (χ1) is 9.95. The molecule has 0 saturated carbocycles. The van der Waals surface area contributed by atoms with Gasteiger partial charge in [0.1, 0.15) is 17.3 Å². The van der Waals surface area contributed by atoms with Crippen LogP contribution in [0.2, 0.25) is 0 Å². The molecule has 4 heteroatoms. The Morgan fingerprint density at radius 2 is 1.95 bits per heavy atom. The standard InChI is InChI=1S/C17H20FNO2/c1-11(2)21-15-5-6-16(12(3)8-15)19-10-13-9-14(18)4-7-17(13)20/h4-9,11,19-20H,10H2,1-3H3. The summed E-state index contributed by atoms with van der Waals surface area (Å²) in [5.74, 6) is 0.546. The van der Waals surface area contributed by atoms with Gasteiger partial charge in [0.05, 0.1) is 6.10 Å². The molecule has 112 valence electrons. The lowest BCUT2D eigenvalue weighted by molar-refractivity contribution is 0.242. The third kappa shape index (κ3) is 4.12. The maximum Gasteiger partial charge on any atom is 0.123 e. The molecular weight excluding hydrogens is 269 g/mol. The zero-order chi connectivity index (χ0) is 15.4. The SMILES string of the molecule is Cc1cc(OC(C)C)ccc1NCc1cc(F)ccc1O. The highest BCUT2D eigenvalue weighted by Gasteiger charge is 2.06. The number of phenols is 1. The predicted molar refractivity (Wildman–Crippen MR) is 82.3 cm³/mol. The number of aryl methyl sites for hydroxylation is 1. The molecule has 0 amide bonds. The average molecular weight is 289 g/mol. The molecular formula is C17H20FNO2. The Hall–Kier alpha value is -2.23. The number of anilines is 1. The van der Waals surface area contributed by atoms with Crippen molar-refractivity contribution in [3.63, 3.8) is 0 Å². The van der Waals surface area contributed by atoms with Crippen molar-refractivity contribution in [3.05, 3.63) is 53.3 Å². The van der Waals surface area contributed by atoms with Crippen molar-refractivity contribution in [2.75, 3.05) is 5.32 Å². The minimum atomic E-state index is -0.359. The van der Waals surface area contributed by atoms with Crippen LogP contribution < -0.4 is 10.1 Å². The van der Waals surface area contributed by atoms with E-state index >= 15 is 0 Å². The van der Waals surface area contributed by atoms with Gasteiger partial charge in [-0.2, -0.15) is 0 Å². The topological polar surface area (TPSA) is 41.5 Å². The lowest BCUT2D eigenvalue weighted by Gasteiger charge is -2.14. The summed E-state index contributed by atoms with van der Waals surface area (Å²) in [6, 6.07) is 9.69. The molecule has 0 aliphatic carbocycles. The van der Waals surface area contributed by atoms with Gasteiger partial charge in [-0.05, 0) is 62.7 Å². The van der Waals surface area contributed by atoms with E-state index in [-0.39, 0.29) is 17.7 Å². The smallest absolute Gasteiger partial charge is 0.123 e. The Bertz CT molecular complexity index is 626. The largest absolute Gasteiger partial charge is 0.508 e. The molecule has 0 bridgehead atoms. The molecule has 0 saturated heterocycles.